The Labute approximate surface area is 75.2 Å². The lowest BCUT2D eigenvalue weighted by atomic mass is 9.72. The molecule has 0 unspecified atom stereocenters. The Hall–Kier alpha value is -0.0800. The molecule has 72 valence electrons. The molecule has 0 aliphatic heterocycles. The molecule has 0 aromatic carbocycles. The first-order valence-electron chi connectivity index (χ1n) is 4.88. The van der Waals surface area contributed by atoms with Crippen molar-refractivity contribution in [3.63, 3.8) is 0 Å². The van der Waals surface area contributed by atoms with Gasteiger partial charge in [0.1, 0.15) is 0 Å². The molecule has 0 radical (unpaired) electrons. The number of rotatable bonds is 1. The van der Waals surface area contributed by atoms with Crippen molar-refractivity contribution in [2.45, 2.75) is 51.7 Å². The second kappa shape index (κ2) is 3.35. The second-order valence-electron chi connectivity index (χ2n) is 4.91. The van der Waals surface area contributed by atoms with E-state index < -0.39 is 0 Å². The summed E-state index contributed by atoms with van der Waals surface area (Å²) in [4.78, 5) is 0. The maximum atomic E-state index is 9.79. The summed E-state index contributed by atoms with van der Waals surface area (Å²) in [6.45, 7) is 6.22. The van der Waals surface area contributed by atoms with E-state index in [-0.39, 0.29) is 17.6 Å². The topological polar surface area (TPSA) is 46.2 Å². The van der Waals surface area contributed by atoms with Crippen LogP contribution >= 0.6 is 0 Å². The minimum Gasteiger partial charge on any atom is -0.393 e. The predicted octanol–water partition coefficient (Wildman–Crippen LogP) is 1.52. The van der Waals surface area contributed by atoms with Crippen molar-refractivity contribution in [2.75, 3.05) is 0 Å². The van der Waals surface area contributed by atoms with Gasteiger partial charge in [-0.15, -0.1) is 0 Å². The van der Waals surface area contributed by atoms with E-state index in [1.165, 1.54) is 6.42 Å². The zero-order chi connectivity index (χ0) is 9.35. The van der Waals surface area contributed by atoms with Crippen molar-refractivity contribution in [3.8, 4) is 0 Å². The van der Waals surface area contributed by atoms with Crippen molar-refractivity contribution in [1.82, 2.24) is 0 Å². The maximum absolute atomic E-state index is 9.79. The third-order valence-corrected chi connectivity index (χ3v) is 3.03. The molecular weight excluding hydrogens is 150 g/mol. The molecule has 1 rings (SSSR count). The number of aliphatic hydroxyl groups excluding tert-OH is 1. The summed E-state index contributed by atoms with van der Waals surface area (Å²) in [6.07, 6.45) is 3.02. The largest absolute Gasteiger partial charge is 0.393 e. The van der Waals surface area contributed by atoms with Crippen LogP contribution in [0.5, 0.6) is 0 Å². The van der Waals surface area contributed by atoms with Crippen LogP contribution in [0.4, 0.5) is 0 Å². The van der Waals surface area contributed by atoms with Gasteiger partial charge < -0.3 is 10.8 Å². The highest BCUT2D eigenvalue weighted by Gasteiger charge is 2.35. The fourth-order valence-corrected chi connectivity index (χ4v) is 2.22. The van der Waals surface area contributed by atoms with Gasteiger partial charge in [-0.05, 0) is 32.6 Å². The van der Waals surface area contributed by atoms with Crippen LogP contribution in [-0.4, -0.2) is 16.7 Å². The van der Waals surface area contributed by atoms with Gasteiger partial charge in [-0.2, -0.15) is 0 Å². The summed E-state index contributed by atoms with van der Waals surface area (Å²) in [5.74, 6) is 0.951. The highest BCUT2D eigenvalue weighted by molar-refractivity contribution is 4.90. The van der Waals surface area contributed by atoms with E-state index in [0.29, 0.717) is 5.92 Å². The van der Waals surface area contributed by atoms with Gasteiger partial charge in [0.05, 0.1) is 6.10 Å². The molecule has 0 saturated heterocycles. The Morgan fingerprint density at radius 2 is 1.92 bits per heavy atom. The van der Waals surface area contributed by atoms with Crippen LogP contribution in [0.25, 0.3) is 0 Å². The normalized spacial score (nSPS) is 38.2. The number of nitrogens with two attached hydrogens (primary N) is 1. The quantitative estimate of drug-likeness (QED) is 0.628. The Bertz CT molecular complexity index is 150. The van der Waals surface area contributed by atoms with Crippen LogP contribution in [0.1, 0.15) is 40.0 Å². The van der Waals surface area contributed by atoms with E-state index in [1.807, 2.05) is 13.8 Å². The summed E-state index contributed by atoms with van der Waals surface area (Å²) in [5, 5.41) is 9.79. The van der Waals surface area contributed by atoms with Crippen LogP contribution in [0.3, 0.4) is 0 Å². The van der Waals surface area contributed by atoms with Crippen LogP contribution in [-0.2, 0) is 0 Å². The monoisotopic (exact) mass is 171 g/mol. The lowest BCUT2D eigenvalue weighted by molar-refractivity contribution is 0.0171. The molecule has 3 atom stereocenters. The van der Waals surface area contributed by atoms with E-state index in [0.717, 1.165) is 12.8 Å². The minimum atomic E-state index is -0.223. The summed E-state index contributed by atoms with van der Waals surface area (Å²) in [7, 11) is 0. The summed E-state index contributed by atoms with van der Waals surface area (Å²) in [5.41, 5.74) is 5.76. The van der Waals surface area contributed by atoms with E-state index in [2.05, 4.69) is 6.92 Å². The Kier molecular flexibility index (Phi) is 2.79. The van der Waals surface area contributed by atoms with Gasteiger partial charge >= 0.3 is 0 Å². The van der Waals surface area contributed by atoms with Gasteiger partial charge in [-0.1, -0.05) is 13.3 Å². The molecule has 0 aromatic heterocycles. The molecule has 1 aliphatic carbocycles. The third kappa shape index (κ3) is 2.20. The van der Waals surface area contributed by atoms with E-state index in [9.17, 15) is 5.11 Å². The minimum absolute atomic E-state index is 0.186. The molecular formula is C10H21NO. The third-order valence-electron chi connectivity index (χ3n) is 3.03. The molecule has 12 heavy (non-hydrogen) atoms. The number of aliphatic hydroxyl groups is 1. The second-order valence-corrected chi connectivity index (χ2v) is 4.91. The highest BCUT2D eigenvalue weighted by atomic mass is 16.3. The van der Waals surface area contributed by atoms with E-state index in [4.69, 9.17) is 5.73 Å². The highest BCUT2D eigenvalue weighted by Crippen LogP contribution is 2.34. The van der Waals surface area contributed by atoms with Crippen molar-refractivity contribution < 1.29 is 5.11 Å². The molecule has 0 spiro atoms. The Morgan fingerprint density at radius 3 is 2.33 bits per heavy atom. The first-order chi connectivity index (χ1) is 5.41. The molecule has 1 aliphatic rings. The molecule has 0 aromatic rings. The van der Waals surface area contributed by atoms with E-state index in [1.54, 1.807) is 0 Å². The van der Waals surface area contributed by atoms with Gasteiger partial charge in [0, 0.05) is 11.5 Å². The SMILES string of the molecule is C[C@@H]1CC[C@H](C(C)(C)N)[C@H](O)C1. The molecule has 0 heterocycles. The molecule has 3 N–H and O–H groups in total. The summed E-state index contributed by atoms with van der Waals surface area (Å²) >= 11 is 0. The Balaban J connectivity index is 2.57. The average molecular weight is 171 g/mol. The summed E-state index contributed by atoms with van der Waals surface area (Å²) in [6, 6.07) is 0. The fraction of sp³-hybridized carbons (Fsp3) is 1.00. The zero-order valence-electron chi connectivity index (χ0n) is 8.38. The maximum Gasteiger partial charge on any atom is 0.0588 e. The smallest absolute Gasteiger partial charge is 0.0588 e. The molecule has 2 heteroatoms. The van der Waals surface area contributed by atoms with Crippen LogP contribution in [0.2, 0.25) is 0 Å². The summed E-state index contributed by atoms with van der Waals surface area (Å²) < 4.78 is 0. The standard InChI is InChI=1S/C10H21NO/c1-7-4-5-8(9(12)6-7)10(2,3)11/h7-9,12H,4-6,11H2,1-3H3/t7-,8+,9-/m1/s1. The van der Waals surface area contributed by atoms with Gasteiger partial charge in [-0.3, -0.25) is 0 Å². The molecule has 1 saturated carbocycles. The Morgan fingerprint density at radius 1 is 1.33 bits per heavy atom. The van der Waals surface area contributed by atoms with Gasteiger partial charge in [0.25, 0.3) is 0 Å². The molecule has 2 nitrogen and oxygen atoms in total. The van der Waals surface area contributed by atoms with Gasteiger partial charge in [0.2, 0.25) is 0 Å². The first-order valence-corrected chi connectivity index (χ1v) is 4.88. The van der Waals surface area contributed by atoms with Gasteiger partial charge in [0.15, 0.2) is 0 Å². The predicted molar refractivity (Wildman–Crippen MR) is 50.8 cm³/mol. The van der Waals surface area contributed by atoms with Crippen molar-refractivity contribution in [2.24, 2.45) is 17.6 Å². The van der Waals surface area contributed by atoms with Crippen molar-refractivity contribution in [3.05, 3.63) is 0 Å². The molecule has 0 amide bonds. The lowest BCUT2D eigenvalue weighted by Gasteiger charge is -2.39. The van der Waals surface area contributed by atoms with Crippen LogP contribution < -0.4 is 5.73 Å². The zero-order valence-corrected chi connectivity index (χ0v) is 8.38. The molecule has 0 bridgehead atoms. The van der Waals surface area contributed by atoms with Crippen molar-refractivity contribution in [1.29, 1.82) is 0 Å². The average Bonchev–Trinajstić information content (AvgIpc) is 1.83. The van der Waals surface area contributed by atoms with Crippen LogP contribution in [0.15, 0.2) is 0 Å². The number of hydrogen-bond acceptors (Lipinski definition) is 2. The first kappa shape index (κ1) is 10.0. The van der Waals surface area contributed by atoms with E-state index >= 15 is 0 Å². The number of hydrogen-bond donors (Lipinski definition) is 2. The lowest BCUT2D eigenvalue weighted by Crippen LogP contribution is -2.48. The van der Waals surface area contributed by atoms with Crippen LogP contribution in [0, 0.1) is 11.8 Å². The van der Waals surface area contributed by atoms with Gasteiger partial charge in [-0.25, -0.2) is 0 Å². The fourth-order valence-electron chi connectivity index (χ4n) is 2.22. The molecule has 1 fully saturated rings. The van der Waals surface area contributed by atoms with Crippen molar-refractivity contribution >= 4 is 0 Å².